The molecule has 2 nitrogen and oxygen atoms in total. The molecule has 268 valence electrons. The van der Waals surface area contributed by atoms with Crippen LogP contribution in [0.5, 0.6) is 0 Å². The van der Waals surface area contributed by atoms with Gasteiger partial charge >= 0.3 is 0 Å². The largest absolute Gasteiger partial charge is 0.309 e. The van der Waals surface area contributed by atoms with Crippen molar-refractivity contribution in [3.8, 4) is 44.8 Å². The Bertz CT molecular complexity index is 3430. The molecule has 9 aromatic carbocycles. The number of hydrogen-bond acceptors (Lipinski definition) is 0. The molecule has 1 aliphatic carbocycles. The molecule has 0 saturated carbocycles. The van der Waals surface area contributed by atoms with E-state index in [4.69, 9.17) is 0 Å². The second kappa shape index (κ2) is 11.9. The molecule has 0 bridgehead atoms. The molecule has 0 atom stereocenters. The van der Waals surface area contributed by atoms with Gasteiger partial charge in [-0.3, -0.25) is 0 Å². The Morgan fingerprint density at radius 2 is 0.789 bits per heavy atom. The summed E-state index contributed by atoms with van der Waals surface area (Å²) in [6, 6.07) is 71.9. The number of rotatable bonds is 4. The zero-order valence-corrected chi connectivity index (χ0v) is 31.9. The van der Waals surface area contributed by atoms with Crippen LogP contribution in [0.3, 0.4) is 0 Å². The topological polar surface area (TPSA) is 9.86 Å². The molecule has 0 unspecified atom stereocenters. The van der Waals surface area contributed by atoms with Gasteiger partial charge in [-0.2, -0.15) is 0 Å². The summed E-state index contributed by atoms with van der Waals surface area (Å²) in [5, 5.41) is 7.57. The minimum atomic E-state index is -0.0643. The normalized spacial score (nSPS) is 13.2. The molecule has 0 aliphatic heterocycles. The fourth-order valence-corrected chi connectivity index (χ4v) is 9.86. The number of benzene rings is 9. The molecule has 0 N–H and O–H groups in total. The molecule has 57 heavy (non-hydrogen) atoms. The van der Waals surface area contributed by atoms with Crippen LogP contribution in [0.2, 0.25) is 0 Å². The number of fused-ring (bicyclic) bond motifs is 10. The number of aromatic nitrogens is 2. The van der Waals surface area contributed by atoms with E-state index in [0.29, 0.717) is 0 Å². The first-order valence-corrected chi connectivity index (χ1v) is 19.9. The maximum atomic E-state index is 2.46. The number of nitrogens with zero attached hydrogens (tertiary/aromatic N) is 2. The van der Waals surface area contributed by atoms with Crippen LogP contribution < -0.4 is 0 Å². The van der Waals surface area contributed by atoms with Gasteiger partial charge in [-0.1, -0.05) is 159 Å². The standard InChI is InChI=1S/C55H38N2/c1-55(2)49-16-8-5-13-43(49)44-30-27-42(34-50(44)55)57-52-18-10-7-15-46(52)48-29-25-40(33-54(48)57)37-21-19-36(20-22-37)39-24-28-47-45-14-6-9-17-51(45)56(53(47)32-39)41-26-23-35-11-3-4-12-38(35)31-41/h3-34H,1-2H3. The summed E-state index contributed by atoms with van der Waals surface area (Å²) >= 11 is 0. The monoisotopic (exact) mass is 726 g/mol. The van der Waals surface area contributed by atoms with Gasteiger partial charge in [0, 0.05) is 38.3 Å². The first kappa shape index (κ1) is 32.1. The van der Waals surface area contributed by atoms with Crippen LogP contribution in [0, 0.1) is 0 Å². The average molecular weight is 727 g/mol. The summed E-state index contributed by atoms with van der Waals surface area (Å²) in [7, 11) is 0. The van der Waals surface area contributed by atoms with E-state index < -0.39 is 0 Å². The first-order valence-electron chi connectivity index (χ1n) is 19.9. The van der Waals surface area contributed by atoms with E-state index in [2.05, 4.69) is 217 Å². The van der Waals surface area contributed by atoms with Gasteiger partial charge < -0.3 is 9.13 Å². The predicted molar refractivity (Wildman–Crippen MR) is 241 cm³/mol. The lowest BCUT2D eigenvalue weighted by Gasteiger charge is -2.22. The van der Waals surface area contributed by atoms with Crippen LogP contribution in [-0.2, 0) is 5.41 Å². The van der Waals surface area contributed by atoms with Crippen LogP contribution >= 0.6 is 0 Å². The van der Waals surface area contributed by atoms with Gasteiger partial charge in [-0.05, 0) is 104 Å². The van der Waals surface area contributed by atoms with Crippen molar-refractivity contribution >= 4 is 54.4 Å². The third-order valence-corrected chi connectivity index (χ3v) is 12.7. The number of hydrogen-bond donors (Lipinski definition) is 0. The van der Waals surface area contributed by atoms with Gasteiger partial charge in [0.25, 0.3) is 0 Å². The molecule has 2 heteroatoms. The molecule has 2 aromatic heterocycles. The van der Waals surface area contributed by atoms with E-state index in [-0.39, 0.29) is 5.41 Å². The second-order valence-electron chi connectivity index (χ2n) is 16.2. The van der Waals surface area contributed by atoms with Gasteiger partial charge in [-0.25, -0.2) is 0 Å². The van der Waals surface area contributed by atoms with E-state index in [0.717, 1.165) is 0 Å². The summed E-state index contributed by atoms with van der Waals surface area (Å²) in [5.41, 5.74) is 17.5. The summed E-state index contributed by atoms with van der Waals surface area (Å²) in [6.45, 7) is 4.72. The molecular formula is C55H38N2. The van der Waals surface area contributed by atoms with E-state index >= 15 is 0 Å². The van der Waals surface area contributed by atoms with Crippen LogP contribution in [0.15, 0.2) is 194 Å². The fourth-order valence-electron chi connectivity index (χ4n) is 9.86. The van der Waals surface area contributed by atoms with Crippen molar-refractivity contribution in [1.82, 2.24) is 9.13 Å². The van der Waals surface area contributed by atoms with Crippen molar-refractivity contribution < 1.29 is 0 Å². The highest BCUT2D eigenvalue weighted by Gasteiger charge is 2.35. The molecule has 0 saturated heterocycles. The van der Waals surface area contributed by atoms with Gasteiger partial charge in [0.05, 0.1) is 22.1 Å². The first-order chi connectivity index (χ1) is 28.0. The fraction of sp³-hybridized carbons (Fsp3) is 0.0545. The van der Waals surface area contributed by atoms with Crippen molar-refractivity contribution in [2.45, 2.75) is 19.3 Å². The molecule has 11 aromatic rings. The summed E-state index contributed by atoms with van der Waals surface area (Å²) < 4.78 is 4.88. The van der Waals surface area contributed by atoms with E-state index in [1.807, 2.05) is 0 Å². The lowest BCUT2D eigenvalue weighted by molar-refractivity contribution is 0.660. The minimum absolute atomic E-state index is 0.0643. The Morgan fingerprint density at radius 3 is 1.44 bits per heavy atom. The molecule has 1 aliphatic rings. The summed E-state index contributed by atoms with van der Waals surface area (Å²) in [6.07, 6.45) is 0. The summed E-state index contributed by atoms with van der Waals surface area (Å²) in [4.78, 5) is 0. The maximum Gasteiger partial charge on any atom is 0.0547 e. The second-order valence-corrected chi connectivity index (χ2v) is 16.2. The quantitative estimate of drug-likeness (QED) is 0.171. The van der Waals surface area contributed by atoms with Crippen LogP contribution in [0.25, 0.3) is 99.1 Å². The minimum Gasteiger partial charge on any atom is -0.309 e. The zero-order chi connectivity index (χ0) is 37.8. The van der Waals surface area contributed by atoms with Gasteiger partial charge in [0.1, 0.15) is 0 Å². The summed E-state index contributed by atoms with van der Waals surface area (Å²) in [5.74, 6) is 0. The third-order valence-electron chi connectivity index (χ3n) is 12.7. The van der Waals surface area contributed by atoms with Crippen molar-refractivity contribution in [3.63, 3.8) is 0 Å². The van der Waals surface area contributed by atoms with Gasteiger partial charge in [-0.15, -0.1) is 0 Å². The van der Waals surface area contributed by atoms with Crippen molar-refractivity contribution in [2.75, 3.05) is 0 Å². The predicted octanol–water partition coefficient (Wildman–Crippen LogP) is 14.7. The van der Waals surface area contributed by atoms with E-state index in [9.17, 15) is 0 Å². The van der Waals surface area contributed by atoms with Crippen molar-refractivity contribution in [3.05, 3.63) is 205 Å². The highest BCUT2D eigenvalue weighted by atomic mass is 15.0. The smallest absolute Gasteiger partial charge is 0.0547 e. The maximum absolute atomic E-state index is 2.46. The third kappa shape index (κ3) is 4.71. The zero-order valence-electron chi connectivity index (χ0n) is 31.9. The highest BCUT2D eigenvalue weighted by Crippen LogP contribution is 2.49. The highest BCUT2D eigenvalue weighted by molar-refractivity contribution is 6.11. The molecular weight excluding hydrogens is 689 g/mol. The van der Waals surface area contributed by atoms with Crippen LogP contribution in [0.4, 0.5) is 0 Å². The Labute approximate surface area is 331 Å². The molecule has 12 rings (SSSR count). The Balaban J connectivity index is 0.956. The molecule has 0 radical (unpaired) electrons. The lowest BCUT2D eigenvalue weighted by Crippen LogP contribution is -2.15. The lowest BCUT2D eigenvalue weighted by atomic mass is 9.82. The van der Waals surface area contributed by atoms with E-state index in [1.54, 1.807) is 0 Å². The Morgan fingerprint density at radius 1 is 0.316 bits per heavy atom. The van der Waals surface area contributed by atoms with Gasteiger partial charge in [0.15, 0.2) is 0 Å². The van der Waals surface area contributed by atoms with E-state index in [1.165, 1.54) is 110 Å². The molecule has 0 spiro atoms. The van der Waals surface area contributed by atoms with Crippen molar-refractivity contribution in [2.24, 2.45) is 0 Å². The average Bonchev–Trinajstić information content (AvgIpc) is 3.86. The molecule has 0 fully saturated rings. The van der Waals surface area contributed by atoms with Crippen LogP contribution in [-0.4, -0.2) is 9.13 Å². The van der Waals surface area contributed by atoms with Crippen molar-refractivity contribution in [1.29, 1.82) is 0 Å². The SMILES string of the molecule is CC1(C)c2ccccc2-c2ccc(-n3c4ccccc4c4ccc(-c5ccc(-c6ccc7c8ccccc8n(-c8ccc9ccccc9c8)c7c6)cc5)cc43)cc21. The Hall–Kier alpha value is -7.16. The van der Waals surface area contributed by atoms with Crippen LogP contribution in [0.1, 0.15) is 25.0 Å². The number of para-hydroxylation sites is 2. The molecule has 2 heterocycles. The van der Waals surface area contributed by atoms with Gasteiger partial charge in [0.2, 0.25) is 0 Å². The molecule has 0 amide bonds. The Kier molecular flexibility index (Phi) is 6.72.